The van der Waals surface area contributed by atoms with Gasteiger partial charge in [0.1, 0.15) is 0 Å². The quantitative estimate of drug-likeness (QED) is 0.260. The van der Waals surface area contributed by atoms with Gasteiger partial charge in [-0.2, -0.15) is 0 Å². The van der Waals surface area contributed by atoms with Crippen molar-refractivity contribution in [2.24, 2.45) is 0 Å². The molecule has 3 nitrogen and oxygen atoms in total. The smallest absolute Gasteiger partial charge is 0.155 e. The summed E-state index contributed by atoms with van der Waals surface area (Å²) in [5.41, 5.74) is 6.82. The summed E-state index contributed by atoms with van der Waals surface area (Å²) in [6.45, 7) is 9.18. The molecule has 4 heteroatoms. The summed E-state index contributed by atoms with van der Waals surface area (Å²) in [5, 5.41) is 9.58. The van der Waals surface area contributed by atoms with Crippen LogP contribution in [0.2, 0.25) is 0 Å². The van der Waals surface area contributed by atoms with Crippen LogP contribution in [-0.4, -0.2) is 15.9 Å². The van der Waals surface area contributed by atoms with Crippen LogP contribution in [0.1, 0.15) is 30.5 Å². The summed E-state index contributed by atoms with van der Waals surface area (Å²) >= 11 is 0. The molecular weight excluding hydrogens is 514 g/mol. The van der Waals surface area contributed by atoms with Crippen molar-refractivity contribution in [1.82, 2.24) is 4.98 Å². The van der Waals surface area contributed by atoms with E-state index in [0.29, 0.717) is 0 Å². The number of aromatic nitrogens is 1. The fourth-order valence-corrected chi connectivity index (χ4v) is 2.61. The number of pyridine rings is 1. The van der Waals surface area contributed by atoms with E-state index >= 15 is 0 Å². The zero-order valence-corrected chi connectivity index (χ0v) is 18.6. The van der Waals surface area contributed by atoms with Gasteiger partial charge in [-0.1, -0.05) is 38.1 Å². The third-order valence-corrected chi connectivity index (χ3v) is 4.02. The third kappa shape index (κ3) is 6.42. The van der Waals surface area contributed by atoms with Gasteiger partial charge in [0.05, 0.1) is 11.3 Å². The SMILES string of the molecule is CC(=O)/C=C(/C)O.Cc1[c-]c(-c2cc(C)c3ccccc3n2)ccc1C.[Ir]. The Bertz CT molecular complexity index is 973. The van der Waals surface area contributed by atoms with Crippen LogP contribution >= 0.6 is 0 Å². The van der Waals surface area contributed by atoms with Crippen LogP contribution in [0.15, 0.2) is 54.3 Å². The number of allylic oxidation sites excluding steroid dienone is 2. The molecule has 0 saturated heterocycles. The van der Waals surface area contributed by atoms with E-state index in [9.17, 15) is 4.79 Å². The average molecular weight is 539 g/mol. The van der Waals surface area contributed by atoms with Crippen LogP contribution in [0.5, 0.6) is 0 Å². The molecule has 1 aromatic heterocycles. The largest absolute Gasteiger partial charge is 0.512 e. The predicted octanol–water partition coefficient (Wildman–Crippen LogP) is 5.66. The number of ketones is 1. The van der Waals surface area contributed by atoms with Crippen LogP contribution in [0.4, 0.5) is 0 Å². The number of carbonyl (C=O) groups excluding carboxylic acids is 1. The first kappa shape index (κ1) is 22.7. The van der Waals surface area contributed by atoms with Gasteiger partial charge in [-0.15, -0.1) is 34.9 Å². The molecule has 0 fully saturated rings. The van der Waals surface area contributed by atoms with Crippen molar-refractivity contribution < 1.29 is 30.0 Å². The Hall–Kier alpha value is -2.29. The summed E-state index contributed by atoms with van der Waals surface area (Å²) in [4.78, 5) is 14.8. The standard InChI is InChI=1S/C18H16N.C5H8O2.Ir/c1-12-8-9-15(10-13(12)2)18-11-14(3)16-6-4-5-7-17(16)19-18;1-4(6)3-5(2)7;/h4-9,11H,1-3H3;3,6H,1-2H3;/q-1;;/b;4-3-;. The van der Waals surface area contributed by atoms with Gasteiger partial charge in [0.25, 0.3) is 0 Å². The summed E-state index contributed by atoms with van der Waals surface area (Å²) < 4.78 is 0. The minimum Gasteiger partial charge on any atom is -0.512 e. The zero-order chi connectivity index (χ0) is 19.3. The fourth-order valence-electron chi connectivity index (χ4n) is 2.61. The Kier molecular flexibility index (Phi) is 8.55. The molecule has 1 N–H and O–H groups in total. The van der Waals surface area contributed by atoms with Gasteiger partial charge >= 0.3 is 0 Å². The van der Waals surface area contributed by atoms with Gasteiger partial charge < -0.3 is 5.11 Å². The number of aliphatic hydroxyl groups is 1. The molecule has 0 unspecified atom stereocenters. The fraction of sp³-hybridized carbons (Fsp3) is 0.217. The second kappa shape index (κ2) is 10.1. The second-order valence-electron chi connectivity index (χ2n) is 6.42. The van der Waals surface area contributed by atoms with E-state index in [1.54, 1.807) is 0 Å². The average Bonchev–Trinajstić information content (AvgIpc) is 2.56. The maximum atomic E-state index is 10.0. The Labute approximate surface area is 174 Å². The normalized spacial score (nSPS) is 10.6. The number of hydrogen-bond donors (Lipinski definition) is 1. The van der Waals surface area contributed by atoms with Crippen molar-refractivity contribution >= 4 is 16.7 Å². The molecule has 2 aromatic carbocycles. The van der Waals surface area contributed by atoms with Crippen molar-refractivity contribution in [3.05, 3.63) is 77.1 Å². The first-order valence-electron chi connectivity index (χ1n) is 8.52. The number of hydrogen-bond acceptors (Lipinski definition) is 3. The molecule has 27 heavy (non-hydrogen) atoms. The molecule has 0 bridgehead atoms. The molecule has 3 aromatic rings. The van der Waals surface area contributed by atoms with Crippen molar-refractivity contribution in [3.63, 3.8) is 0 Å². The molecule has 0 saturated carbocycles. The third-order valence-electron chi connectivity index (χ3n) is 4.02. The van der Waals surface area contributed by atoms with E-state index in [-0.39, 0.29) is 31.6 Å². The van der Waals surface area contributed by atoms with Crippen LogP contribution < -0.4 is 0 Å². The predicted molar refractivity (Wildman–Crippen MR) is 107 cm³/mol. The Morgan fingerprint density at radius 2 is 1.70 bits per heavy atom. The summed E-state index contributed by atoms with van der Waals surface area (Å²) in [7, 11) is 0. The Balaban J connectivity index is 0.000000395. The van der Waals surface area contributed by atoms with E-state index < -0.39 is 0 Å². The number of aliphatic hydroxyl groups excluding tert-OH is 1. The minimum absolute atomic E-state index is 0. The summed E-state index contributed by atoms with van der Waals surface area (Å²) in [5.74, 6) is -0.0625. The first-order chi connectivity index (χ1) is 12.3. The number of aryl methyl sites for hydroxylation is 3. The molecule has 0 aliphatic heterocycles. The first-order valence-corrected chi connectivity index (χ1v) is 8.52. The Morgan fingerprint density at radius 3 is 2.26 bits per heavy atom. The zero-order valence-electron chi connectivity index (χ0n) is 16.3. The number of nitrogens with zero attached hydrogens (tertiary/aromatic N) is 1. The van der Waals surface area contributed by atoms with Crippen molar-refractivity contribution in [2.75, 3.05) is 0 Å². The van der Waals surface area contributed by atoms with Crippen molar-refractivity contribution in [1.29, 1.82) is 0 Å². The minimum atomic E-state index is -0.125. The van der Waals surface area contributed by atoms with E-state index in [1.807, 2.05) is 6.07 Å². The maximum Gasteiger partial charge on any atom is 0.155 e. The molecule has 0 aliphatic rings. The number of carbonyl (C=O) groups is 1. The van der Waals surface area contributed by atoms with Gasteiger partial charge in [-0.25, -0.2) is 0 Å². The monoisotopic (exact) mass is 539 g/mol. The van der Waals surface area contributed by atoms with Gasteiger partial charge in [0, 0.05) is 31.6 Å². The number of para-hydroxylation sites is 1. The maximum absolute atomic E-state index is 10.0. The molecule has 143 valence electrons. The molecule has 0 amide bonds. The van der Waals surface area contributed by atoms with E-state index in [0.717, 1.165) is 16.8 Å². The second-order valence-corrected chi connectivity index (χ2v) is 6.42. The molecule has 0 atom stereocenters. The molecule has 1 heterocycles. The molecule has 0 aliphatic carbocycles. The van der Waals surface area contributed by atoms with E-state index in [2.05, 4.69) is 63.2 Å². The van der Waals surface area contributed by atoms with Crippen LogP contribution in [0, 0.1) is 26.8 Å². The summed E-state index contributed by atoms with van der Waals surface area (Å²) in [6, 6.07) is 18.1. The van der Waals surface area contributed by atoms with E-state index in [1.165, 1.54) is 42.0 Å². The van der Waals surface area contributed by atoms with Crippen molar-refractivity contribution in [2.45, 2.75) is 34.6 Å². The number of benzene rings is 2. The topological polar surface area (TPSA) is 50.2 Å². The molecule has 1 radical (unpaired) electrons. The summed E-state index contributed by atoms with van der Waals surface area (Å²) in [6.07, 6.45) is 1.17. The molecular formula is C23H24IrNO2-. The number of fused-ring (bicyclic) bond motifs is 1. The van der Waals surface area contributed by atoms with Gasteiger partial charge in [-0.3, -0.25) is 9.78 Å². The molecule has 3 rings (SSSR count). The van der Waals surface area contributed by atoms with Gasteiger partial charge in [0.15, 0.2) is 5.78 Å². The number of rotatable bonds is 2. The van der Waals surface area contributed by atoms with Gasteiger partial charge in [0.2, 0.25) is 0 Å². The Morgan fingerprint density at radius 1 is 1.04 bits per heavy atom. The van der Waals surface area contributed by atoms with Crippen LogP contribution in [0.25, 0.3) is 22.2 Å². The van der Waals surface area contributed by atoms with Crippen LogP contribution in [0.3, 0.4) is 0 Å². The van der Waals surface area contributed by atoms with Gasteiger partial charge in [-0.05, 0) is 38.1 Å². The van der Waals surface area contributed by atoms with Crippen LogP contribution in [-0.2, 0) is 24.9 Å². The van der Waals surface area contributed by atoms with E-state index in [4.69, 9.17) is 10.1 Å². The molecule has 0 spiro atoms. The van der Waals surface area contributed by atoms with Crippen molar-refractivity contribution in [3.8, 4) is 11.3 Å².